The van der Waals surface area contributed by atoms with Gasteiger partial charge in [-0.3, -0.25) is 6.08 Å². The smallest absolute Gasteiger partial charge is 1.00 e. The molecule has 270 valence electrons. The average Bonchev–Trinajstić information content (AvgIpc) is 3.66. The van der Waals surface area contributed by atoms with Crippen LogP contribution in [0, 0.1) is 23.5 Å². The van der Waals surface area contributed by atoms with Gasteiger partial charge in [-0.15, -0.1) is 5.56 Å². The summed E-state index contributed by atoms with van der Waals surface area (Å²) in [7, 11) is 0. The molecule has 0 fully saturated rings. The van der Waals surface area contributed by atoms with Crippen molar-refractivity contribution in [3.8, 4) is 11.1 Å². The van der Waals surface area contributed by atoms with Crippen molar-refractivity contribution in [1.29, 1.82) is 0 Å². The molecule has 5 heteroatoms. The molecule has 1 atom stereocenters. The second kappa shape index (κ2) is 19.0. The summed E-state index contributed by atoms with van der Waals surface area (Å²) in [5.41, 5.74) is 12.9. The summed E-state index contributed by atoms with van der Waals surface area (Å²) >= 11 is 13.1. The van der Waals surface area contributed by atoms with Crippen molar-refractivity contribution in [3.63, 3.8) is 0 Å². The Kier molecular flexibility index (Phi) is 17.0. The standard InChI is InChI=1S/C21H25.C13H8Cl2.C12H19.2ClH.Zr/c1-20(2,3)16-9-7-14-11-15-8-10-17(21(4,5)6)13-19(15)18(14)12-16;14-12-5-1-10(2-6-12)9-11-3-7-13(15)8-4-11;1-5-6-10-7-8-11(9-10)12(2,3)4;;;/h7,9-10,12-13H,11H2,1-6H3;1-8H;8-10H,5-6H2,1-4H3;2*1H;/q-1;;-1;;;+2/p-2. The molecule has 0 radical (unpaired) electrons. The summed E-state index contributed by atoms with van der Waals surface area (Å²) in [6.07, 6.45) is 11.5. The van der Waals surface area contributed by atoms with Gasteiger partial charge in [-0.1, -0.05) is 128 Å². The second-order valence-corrected chi connectivity index (χ2v) is 18.4. The van der Waals surface area contributed by atoms with Gasteiger partial charge in [0.2, 0.25) is 0 Å². The third kappa shape index (κ3) is 12.7. The number of hydrogen-bond donors (Lipinski definition) is 0. The van der Waals surface area contributed by atoms with Crippen molar-refractivity contribution in [2.75, 3.05) is 0 Å². The molecule has 0 spiro atoms. The molecule has 0 bridgehead atoms. The Morgan fingerprint density at radius 2 is 1.22 bits per heavy atom. The topological polar surface area (TPSA) is 0 Å². The van der Waals surface area contributed by atoms with Crippen LogP contribution in [0.1, 0.15) is 115 Å². The van der Waals surface area contributed by atoms with Crippen molar-refractivity contribution in [3.05, 3.63) is 152 Å². The molecule has 0 heterocycles. The van der Waals surface area contributed by atoms with E-state index in [1.807, 2.05) is 48.5 Å². The van der Waals surface area contributed by atoms with E-state index in [1.54, 1.807) is 0 Å². The molecule has 51 heavy (non-hydrogen) atoms. The molecule has 0 aromatic heterocycles. The van der Waals surface area contributed by atoms with Crippen molar-refractivity contribution in [2.24, 2.45) is 11.3 Å². The fourth-order valence-electron chi connectivity index (χ4n) is 5.84. The first-order chi connectivity index (χ1) is 22.9. The maximum Gasteiger partial charge on any atom is -1.00 e. The molecule has 4 aromatic rings. The molecular formula is C46H52Cl4Zr-2. The molecule has 0 aliphatic heterocycles. The Labute approximate surface area is 346 Å². The number of benzene rings is 4. The Morgan fingerprint density at radius 1 is 0.706 bits per heavy atom. The number of hydrogen-bond acceptors (Lipinski definition) is 0. The summed E-state index contributed by atoms with van der Waals surface area (Å²) in [6, 6.07) is 30.9. The Bertz CT molecular complexity index is 1700. The predicted octanol–water partition coefficient (Wildman–Crippen LogP) is 7.52. The predicted molar refractivity (Wildman–Crippen MR) is 211 cm³/mol. The maximum absolute atomic E-state index is 5.86. The van der Waals surface area contributed by atoms with E-state index < -0.39 is 0 Å². The van der Waals surface area contributed by atoms with Crippen LogP contribution in [0.15, 0.2) is 96.6 Å². The number of allylic oxidation sites excluding steroid dienone is 4. The van der Waals surface area contributed by atoms with Crippen LogP contribution in [-0.2, 0) is 41.5 Å². The Balaban J connectivity index is 0.000000270. The summed E-state index contributed by atoms with van der Waals surface area (Å²) in [6.45, 7) is 22.6. The molecule has 6 rings (SSSR count). The van der Waals surface area contributed by atoms with Crippen molar-refractivity contribution >= 4 is 26.4 Å². The van der Waals surface area contributed by atoms with Gasteiger partial charge in [0, 0.05) is 0 Å². The average molecular weight is 838 g/mol. The summed E-state index contributed by atoms with van der Waals surface area (Å²) < 4.78 is 1.31. The van der Waals surface area contributed by atoms with E-state index in [4.69, 9.17) is 23.2 Å². The molecule has 2 aliphatic rings. The quantitative estimate of drug-likeness (QED) is 0.165. The first kappa shape index (κ1) is 45.4. The zero-order valence-electron chi connectivity index (χ0n) is 31.9. The van der Waals surface area contributed by atoms with Crippen LogP contribution >= 0.6 is 23.2 Å². The molecule has 0 N–H and O–H groups in total. The molecule has 0 nitrogen and oxygen atoms in total. The van der Waals surface area contributed by atoms with Gasteiger partial charge in [0.25, 0.3) is 0 Å². The van der Waals surface area contributed by atoms with Gasteiger partial charge in [0.1, 0.15) is 0 Å². The van der Waals surface area contributed by atoms with Crippen LogP contribution in [0.2, 0.25) is 10.0 Å². The Hall–Kier alpha value is -1.73. The maximum atomic E-state index is 5.86. The van der Waals surface area contributed by atoms with E-state index in [9.17, 15) is 0 Å². The van der Waals surface area contributed by atoms with Gasteiger partial charge in [0.15, 0.2) is 0 Å². The van der Waals surface area contributed by atoms with Gasteiger partial charge < -0.3 is 24.8 Å². The van der Waals surface area contributed by atoms with Crippen molar-refractivity contribution < 1.29 is 49.0 Å². The normalized spacial score (nSPS) is 14.4. The van der Waals surface area contributed by atoms with Gasteiger partial charge in [-0.2, -0.15) is 41.0 Å². The van der Waals surface area contributed by atoms with Crippen LogP contribution in [0.25, 0.3) is 11.1 Å². The summed E-state index contributed by atoms with van der Waals surface area (Å²) in [4.78, 5) is 0. The molecular weight excluding hydrogens is 786 g/mol. The number of rotatable bonds is 4. The minimum absolute atomic E-state index is 0. The fourth-order valence-corrected chi connectivity index (χ4v) is 6.91. The zero-order chi connectivity index (χ0) is 36.1. The first-order valence-electron chi connectivity index (χ1n) is 17.5. The van der Waals surface area contributed by atoms with Crippen molar-refractivity contribution in [2.45, 2.75) is 99.3 Å². The third-order valence-electron chi connectivity index (χ3n) is 9.09. The van der Waals surface area contributed by atoms with Gasteiger partial charge in [-0.05, 0) is 17.4 Å². The van der Waals surface area contributed by atoms with Gasteiger partial charge >= 0.3 is 120 Å². The minimum Gasteiger partial charge on any atom is -1.00 e. The largest absolute Gasteiger partial charge is 1.00 e. The monoisotopic (exact) mass is 834 g/mol. The van der Waals surface area contributed by atoms with Gasteiger partial charge in [-0.25, -0.2) is 6.08 Å². The van der Waals surface area contributed by atoms with E-state index in [-0.39, 0.29) is 35.6 Å². The molecule has 0 saturated heterocycles. The van der Waals surface area contributed by atoms with Crippen LogP contribution in [0.4, 0.5) is 0 Å². The minimum atomic E-state index is 0. The number of fused-ring (bicyclic) bond motifs is 3. The van der Waals surface area contributed by atoms with Crippen LogP contribution in [0.3, 0.4) is 0 Å². The van der Waals surface area contributed by atoms with Crippen LogP contribution < -0.4 is 24.8 Å². The summed E-state index contributed by atoms with van der Waals surface area (Å²) in [5.74, 6) is 0.587. The molecule has 1 unspecified atom stereocenters. The number of halogens is 4. The van der Waals surface area contributed by atoms with Crippen molar-refractivity contribution in [1.82, 2.24) is 0 Å². The van der Waals surface area contributed by atoms with Gasteiger partial charge in [0.05, 0.1) is 0 Å². The first-order valence-corrected chi connectivity index (χ1v) is 19.5. The SMILES string of the molecule is CC(C)(C)c1c[c-]c2c(c1)-c1cc(C(C)(C)C)ccc1C2.CCCC1[C-]=CC(C(C)(C)C)=C1.Clc1ccc([C](=[Zr+2])c2ccc(Cl)cc2)cc1.[Cl-].[Cl-]. The van der Waals surface area contributed by atoms with E-state index >= 15 is 0 Å². The zero-order valence-corrected chi connectivity index (χ0v) is 37.4. The fraction of sp³-hybridized carbons (Fsp3) is 0.370. The summed E-state index contributed by atoms with van der Waals surface area (Å²) in [5, 5.41) is 1.53. The van der Waals surface area contributed by atoms with Crippen LogP contribution in [-0.4, -0.2) is 3.21 Å². The van der Waals surface area contributed by atoms with Crippen LogP contribution in [0.5, 0.6) is 0 Å². The van der Waals surface area contributed by atoms with E-state index in [0.29, 0.717) is 11.3 Å². The third-order valence-corrected chi connectivity index (χ3v) is 11.0. The molecule has 0 saturated carbocycles. The second-order valence-electron chi connectivity index (χ2n) is 16.3. The van der Waals surface area contributed by atoms with E-state index in [1.165, 1.54) is 90.4 Å². The molecule has 2 aliphatic carbocycles. The molecule has 0 amide bonds. The Morgan fingerprint density at radius 3 is 1.67 bits per heavy atom. The molecule has 4 aromatic carbocycles. The van der Waals surface area contributed by atoms with E-state index in [0.717, 1.165) is 16.5 Å². The van der Waals surface area contributed by atoms with E-state index in [2.05, 4.69) is 124 Å².